The predicted molar refractivity (Wildman–Crippen MR) is 109 cm³/mol. The second-order valence-corrected chi connectivity index (χ2v) is 9.85. The van der Waals surface area contributed by atoms with E-state index >= 15 is 0 Å². The van der Waals surface area contributed by atoms with Crippen LogP contribution in [-0.2, 0) is 14.3 Å². The first-order chi connectivity index (χ1) is 14.1. The zero-order chi connectivity index (χ0) is 20.4. The van der Waals surface area contributed by atoms with Gasteiger partial charge in [-0.15, -0.1) is 0 Å². The van der Waals surface area contributed by atoms with Crippen LogP contribution >= 0.6 is 0 Å². The molecule has 166 valence electrons. The highest BCUT2D eigenvalue weighted by molar-refractivity contribution is 5.81. The molecule has 4 rings (SSSR count). The van der Waals surface area contributed by atoms with Crippen LogP contribution in [0, 0.1) is 17.8 Å². The number of carbonyl (C=O) groups is 1. The van der Waals surface area contributed by atoms with Gasteiger partial charge in [0, 0.05) is 25.5 Å². The molecule has 0 radical (unpaired) electrons. The van der Waals surface area contributed by atoms with Gasteiger partial charge in [-0.25, -0.2) is 0 Å². The van der Waals surface area contributed by atoms with Gasteiger partial charge in [-0.05, 0) is 31.6 Å². The molecule has 6 heteroatoms. The van der Waals surface area contributed by atoms with Gasteiger partial charge in [0.05, 0.1) is 43.0 Å². The maximum Gasteiger partial charge on any atom is 0.231 e. The molecule has 4 fully saturated rings. The highest BCUT2D eigenvalue weighted by Crippen LogP contribution is 2.37. The number of carbonyl (C=O) groups excluding carboxylic acids is 1. The van der Waals surface area contributed by atoms with E-state index in [9.17, 15) is 15.0 Å². The van der Waals surface area contributed by atoms with Gasteiger partial charge in [0.25, 0.3) is 0 Å². The van der Waals surface area contributed by atoms with Gasteiger partial charge in [-0.2, -0.15) is 0 Å². The Balaban J connectivity index is 1.48. The van der Waals surface area contributed by atoms with Crippen molar-refractivity contribution in [3.05, 3.63) is 0 Å². The van der Waals surface area contributed by atoms with Crippen molar-refractivity contribution in [1.82, 2.24) is 4.90 Å². The molecular formula is C23H39NO5. The van der Waals surface area contributed by atoms with E-state index in [1.54, 1.807) is 0 Å². The van der Waals surface area contributed by atoms with E-state index in [1.165, 1.54) is 32.1 Å². The van der Waals surface area contributed by atoms with Crippen molar-refractivity contribution in [2.24, 2.45) is 17.8 Å². The minimum atomic E-state index is -0.852. The van der Waals surface area contributed by atoms with E-state index in [4.69, 9.17) is 9.47 Å². The van der Waals surface area contributed by atoms with E-state index in [2.05, 4.69) is 0 Å². The van der Waals surface area contributed by atoms with Crippen LogP contribution in [0.3, 0.4) is 0 Å². The molecule has 6 nitrogen and oxygen atoms in total. The number of aliphatic hydroxyl groups excluding tert-OH is 2. The number of rotatable bonds is 4. The Bertz CT molecular complexity index is 549. The van der Waals surface area contributed by atoms with Crippen molar-refractivity contribution in [1.29, 1.82) is 0 Å². The summed E-state index contributed by atoms with van der Waals surface area (Å²) in [5.74, 6) is -0.198. The quantitative estimate of drug-likeness (QED) is 0.746. The number of morpholine rings is 1. The van der Waals surface area contributed by atoms with Gasteiger partial charge in [-0.3, -0.25) is 4.79 Å². The van der Waals surface area contributed by atoms with Crippen LogP contribution < -0.4 is 0 Å². The first kappa shape index (κ1) is 21.5. The van der Waals surface area contributed by atoms with Gasteiger partial charge >= 0.3 is 0 Å². The molecule has 29 heavy (non-hydrogen) atoms. The molecule has 1 saturated heterocycles. The smallest absolute Gasteiger partial charge is 0.231 e. The van der Waals surface area contributed by atoms with Crippen molar-refractivity contribution >= 4 is 5.91 Å². The van der Waals surface area contributed by atoms with Crippen LogP contribution in [0.15, 0.2) is 0 Å². The zero-order valence-electron chi connectivity index (χ0n) is 17.9. The molecule has 3 aliphatic carbocycles. The molecule has 0 spiro atoms. The Morgan fingerprint density at radius 3 is 2.55 bits per heavy atom. The number of fused-ring (bicyclic) bond motifs is 1. The molecule has 3 saturated carbocycles. The molecular weight excluding hydrogens is 370 g/mol. The van der Waals surface area contributed by atoms with Crippen LogP contribution in [0.5, 0.6) is 0 Å². The van der Waals surface area contributed by atoms with E-state index in [0.717, 1.165) is 25.7 Å². The number of amides is 1. The van der Waals surface area contributed by atoms with Crippen molar-refractivity contribution in [3.63, 3.8) is 0 Å². The van der Waals surface area contributed by atoms with Crippen molar-refractivity contribution in [2.45, 2.75) is 102 Å². The van der Waals surface area contributed by atoms with E-state index in [0.29, 0.717) is 25.7 Å². The fraction of sp³-hybridized carbons (Fsp3) is 0.957. The number of nitrogens with zero attached hydrogens (tertiary/aromatic N) is 1. The zero-order valence-corrected chi connectivity index (χ0v) is 17.9. The molecule has 0 aromatic rings. The first-order valence-electron chi connectivity index (χ1n) is 12.0. The third-order valence-electron chi connectivity index (χ3n) is 7.93. The van der Waals surface area contributed by atoms with E-state index < -0.39 is 24.2 Å². The summed E-state index contributed by atoms with van der Waals surface area (Å²) >= 11 is 0. The van der Waals surface area contributed by atoms with Gasteiger partial charge < -0.3 is 24.6 Å². The maximum atomic E-state index is 13.7. The lowest BCUT2D eigenvalue weighted by molar-refractivity contribution is -0.181. The Labute approximate surface area is 174 Å². The molecule has 7 atom stereocenters. The molecule has 0 aromatic carbocycles. The van der Waals surface area contributed by atoms with Gasteiger partial charge in [0.1, 0.15) is 0 Å². The lowest BCUT2D eigenvalue weighted by Crippen LogP contribution is -2.61. The molecule has 7 unspecified atom stereocenters. The van der Waals surface area contributed by atoms with Gasteiger partial charge in [0.15, 0.2) is 0 Å². The average Bonchev–Trinajstić information content (AvgIpc) is 2.75. The van der Waals surface area contributed by atoms with Crippen LogP contribution in [0.25, 0.3) is 0 Å². The van der Waals surface area contributed by atoms with Crippen LogP contribution in [0.4, 0.5) is 0 Å². The summed E-state index contributed by atoms with van der Waals surface area (Å²) in [7, 11) is 0. The first-order valence-corrected chi connectivity index (χ1v) is 12.0. The van der Waals surface area contributed by atoms with Gasteiger partial charge in [-0.1, -0.05) is 39.0 Å². The number of hydrogen-bond donors (Lipinski definition) is 2. The molecule has 2 N–H and O–H groups in total. The minimum absolute atomic E-state index is 0.00472. The Morgan fingerprint density at radius 2 is 1.76 bits per heavy atom. The van der Waals surface area contributed by atoms with Crippen molar-refractivity contribution < 1.29 is 24.5 Å². The third-order valence-corrected chi connectivity index (χ3v) is 7.93. The van der Waals surface area contributed by atoms with Gasteiger partial charge in [0.2, 0.25) is 5.91 Å². The Kier molecular flexibility index (Phi) is 7.15. The van der Waals surface area contributed by atoms with E-state index in [-0.39, 0.29) is 30.4 Å². The summed E-state index contributed by atoms with van der Waals surface area (Å²) in [5.41, 5.74) is 0. The largest absolute Gasteiger partial charge is 0.393 e. The number of ether oxygens (including phenoxy) is 2. The third kappa shape index (κ3) is 4.65. The van der Waals surface area contributed by atoms with Crippen LogP contribution in [0.2, 0.25) is 0 Å². The predicted octanol–water partition coefficient (Wildman–Crippen LogP) is 2.50. The minimum Gasteiger partial charge on any atom is -0.393 e. The normalized spacial score (nSPS) is 41.8. The molecule has 0 aromatic heterocycles. The van der Waals surface area contributed by atoms with Crippen molar-refractivity contribution in [3.8, 4) is 0 Å². The van der Waals surface area contributed by atoms with Crippen molar-refractivity contribution in [2.75, 3.05) is 19.8 Å². The second-order valence-electron chi connectivity index (χ2n) is 9.85. The lowest BCUT2D eigenvalue weighted by Gasteiger charge is -2.48. The molecule has 4 aliphatic rings. The highest BCUT2D eigenvalue weighted by Gasteiger charge is 2.49. The number of aliphatic hydroxyl groups is 2. The SMILES string of the molecule is CC1C(O)CC(O)C(C(=O)N2CCOC3CCCCC32)C1OCC1CCCCC1. The monoisotopic (exact) mass is 409 g/mol. The summed E-state index contributed by atoms with van der Waals surface area (Å²) in [6.07, 6.45) is 8.90. The standard InChI is InChI=1S/C23H39NO5/c1-15-18(25)13-19(26)21(22(15)29-14-16-7-3-2-4-8-16)23(27)24-11-12-28-20-10-6-5-9-17(20)24/h15-22,25-26H,2-14H2,1H3. The summed E-state index contributed by atoms with van der Waals surface area (Å²) in [4.78, 5) is 15.7. The fourth-order valence-electron chi connectivity index (χ4n) is 6.10. The summed E-state index contributed by atoms with van der Waals surface area (Å²) in [6.45, 7) is 3.76. The average molecular weight is 410 g/mol. The van der Waals surface area contributed by atoms with E-state index in [1.807, 2.05) is 11.8 Å². The van der Waals surface area contributed by atoms with Crippen LogP contribution in [0.1, 0.15) is 71.1 Å². The summed E-state index contributed by atoms with van der Waals surface area (Å²) in [6, 6.07) is 0.123. The topological polar surface area (TPSA) is 79.2 Å². The molecule has 0 bridgehead atoms. The summed E-state index contributed by atoms with van der Waals surface area (Å²) < 4.78 is 12.3. The Hall–Kier alpha value is -0.690. The summed E-state index contributed by atoms with van der Waals surface area (Å²) in [5, 5.41) is 21.3. The molecule has 1 aliphatic heterocycles. The second kappa shape index (κ2) is 9.63. The number of hydrogen-bond acceptors (Lipinski definition) is 5. The molecule has 1 heterocycles. The Morgan fingerprint density at radius 1 is 1.03 bits per heavy atom. The molecule has 1 amide bonds. The maximum absolute atomic E-state index is 13.7. The van der Waals surface area contributed by atoms with Crippen LogP contribution in [-0.4, -0.2) is 71.2 Å². The lowest BCUT2D eigenvalue weighted by atomic mass is 9.74. The highest BCUT2D eigenvalue weighted by atomic mass is 16.5. The fourth-order valence-corrected chi connectivity index (χ4v) is 6.10.